The van der Waals surface area contributed by atoms with Gasteiger partial charge in [-0.3, -0.25) is 0 Å². The maximum Gasteiger partial charge on any atom is 0.134 e. The molecule has 0 atom stereocenters. The lowest BCUT2D eigenvalue weighted by atomic mass is 10.2. The molecule has 0 saturated heterocycles. The number of furan rings is 1. The predicted molar refractivity (Wildman–Crippen MR) is 85.0 cm³/mol. The number of benzene rings is 2. The Hall–Kier alpha value is -1.32. The third-order valence-corrected chi connectivity index (χ3v) is 3.87. The fourth-order valence-electron chi connectivity index (χ4n) is 1.90. The topological polar surface area (TPSA) is 13.1 Å². The highest BCUT2D eigenvalue weighted by atomic mass is 79.9. The van der Waals surface area contributed by atoms with Gasteiger partial charge in [0.1, 0.15) is 11.5 Å². The highest BCUT2D eigenvalue weighted by molar-refractivity contribution is 9.10. The molecular weight excluding hydrogens is 368 g/mol. The van der Waals surface area contributed by atoms with Crippen molar-refractivity contribution in [3.05, 3.63) is 69.6 Å². The van der Waals surface area contributed by atoms with Gasteiger partial charge in [0.2, 0.25) is 0 Å². The molecule has 1 aromatic heterocycles. The molecule has 3 rings (SSSR count). The van der Waals surface area contributed by atoms with Crippen molar-refractivity contribution in [1.29, 1.82) is 0 Å². The summed E-state index contributed by atoms with van der Waals surface area (Å²) in [6.07, 6.45) is 0. The average molecular weight is 378 g/mol. The smallest absolute Gasteiger partial charge is 0.134 e. The van der Waals surface area contributed by atoms with Crippen LogP contribution in [-0.2, 0) is 0 Å². The summed E-state index contributed by atoms with van der Waals surface area (Å²) in [4.78, 5) is 0. The Kier molecular flexibility index (Phi) is 3.58. The van der Waals surface area contributed by atoms with Crippen LogP contribution in [-0.4, -0.2) is 0 Å². The van der Waals surface area contributed by atoms with E-state index in [1.165, 1.54) is 0 Å². The first-order valence-corrected chi connectivity index (χ1v) is 7.43. The van der Waals surface area contributed by atoms with Crippen LogP contribution in [0.4, 0.5) is 0 Å². The molecule has 1 nitrogen and oxygen atoms in total. The van der Waals surface area contributed by atoms with Gasteiger partial charge in [0.25, 0.3) is 0 Å². The number of hydrogen-bond acceptors (Lipinski definition) is 1. The van der Waals surface area contributed by atoms with Gasteiger partial charge in [-0.25, -0.2) is 0 Å². The zero-order chi connectivity index (χ0) is 13.2. The SMILES string of the molecule is Brc1ccc(-c2ccc(-c3cccc(Br)c3)o2)cc1. The fourth-order valence-corrected chi connectivity index (χ4v) is 2.57. The van der Waals surface area contributed by atoms with Crippen molar-refractivity contribution in [1.82, 2.24) is 0 Å². The number of halogens is 2. The van der Waals surface area contributed by atoms with Gasteiger partial charge in [-0.2, -0.15) is 0 Å². The molecule has 94 valence electrons. The van der Waals surface area contributed by atoms with E-state index in [1.54, 1.807) is 0 Å². The van der Waals surface area contributed by atoms with E-state index in [-0.39, 0.29) is 0 Å². The van der Waals surface area contributed by atoms with Gasteiger partial charge in [-0.1, -0.05) is 56.1 Å². The molecule has 1 heterocycles. The second-order valence-corrected chi connectivity index (χ2v) is 6.01. The van der Waals surface area contributed by atoms with Crippen LogP contribution in [0.3, 0.4) is 0 Å². The van der Waals surface area contributed by atoms with E-state index < -0.39 is 0 Å². The Bertz CT molecular complexity index is 699. The lowest BCUT2D eigenvalue weighted by Crippen LogP contribution is -1.74. The van der Waals surface area contributed by atoms with Crippen molar-refractivity contribution < 1.29 is 4.42 Å². The molecule has 0 fully saturated rings. The highest BCUT2D eigenvalue weighted by Crippen LogP contribution is 2.30. The summed E-state index contributed by atoms with van der Waals surface area (Å²) in [5, 5.41) is 0. The summed E-state index contributed by atoms with van der Waals surface area (Å²) < 4.78 is 8.03. The molecular formula is C16H10Br2O. The summed E-state index contributed by atoms with van der Waals surface area (Å²) in [5.74, 6) is 1.75. The van der Waals surface area contributed by atoms with Crippen molar-refractivity contribution >= 4 is 31.9 Å². The van der Waals surface area contributed by atoms with Gasteiger partial charge in [0.15, 0.2) is 0 Å². The summed E-state index contributed by atoms with van der Waals surface area (Å²) in [6, 6.07) is 20.2. The van der Waals surface area contributed by atoms with Crippen LogP contribution in [0.25, 0.3) is 22.6 Å². The van der Waals surface area contributed by atoms with Gasteiger partial charge < -0.3 is 4.42 Å². The average Bonchev–Trinajstić information content (AvgIpc) is 2.89. The van der Waals surface area contributed by atoms with Crippen molar-refractivity contribution in [2.24, 2.45) is 0 Å². The normalized spacial score (nSPS) is 10.6. The first-order valence-electron chi connectivity index (χ1n) is 5.84. The minimum atomic E-state index is 0.874. The van der Waals surface area contributed by atoms with E-state index in [1.807, 2.05) is 60.7 Å². The number of rotatable bonds is 2. The molecule has 0 radical (unpaired) electrons. The molecule has 0 bridgehead atoms. The lowest BCUT2D eigenvalue weighted by molar-refractivity contribution is 0.597. The molecule has 19 heavy (non-hydrogen) atoms. The monoisotopic (exact) mass is 376 g/mol. The summed E-state index contributed by atoms with van der Waals surface area (Å²) in [5.41, 5.74) is 2.14. The molecule has 0 aliphatic rings. The van der Waals surface area contributed by atoms with E-state index in [2.05, 4.69) is 31.9 Å². The van der Waals surface area contributed by atoms with Crippen LogP contribution in [0.5, 0.6) is 0 Å². The summed E-state index contributed by atoms with van der Waals surface area (Å²) >= 11 is 6.90. The maximum atomic E-state index is 5.91. The third-order valence-electron chi connectivity index (χ3n) is 2.84. The molecule has 2 aromatic carbocycles. The van der Waals surface area contributed by atoms with Crippen LogP contribution >= 0.6 is 31.9 Å². The second-order valence-electron chi connectivity index (χ2n) is 4.18. The van der Waals surface area contributed by atoms with E-state index in [0.717, 1.165) is 31.6 Å². The van der Waals surface area contributed by atoms with Gasteiger partial charge in [-0.15, -0.1) is 0 Å². The van der Waals surface area contributed by atoms with Gasteiger partial charge in [0.05, 0.1) is 0 Å². The van der Waals surface area contributed by atoms with Crippen molar-refractivity contribution in [3.63, 3.8) is 0 Å². The third kappa shape index (κ3) is 2.82. The predicted octanol–water partition coefficient (Wildman–Crippen LogP) is 6.14. The Morgan fingerprint density at radius 3 is 2.00 bits per heavy atom. The Morgan fingerprint density at radius 1 is 0.632 bits per heavy atom. The molecule has 0 aliphatic heterocycles. The first kappa shape index (κ1) is 12.7. The van der Waals surface area contributed by atoms with Crippen LogP contribution in [0, 0.1) is 0 Å². The molecule has 3 aromatic rings. The van der Waals surface area contributed by atoms with Crippen LogP contribution in [0.2, 0.25) is 0 Å². The van der Waals surface area contributed by atoms with Gasteiger partial charge in [-0.05, 0) is 36.4 Å². The molecule has 0 aliphatic carbocycles. The van der Waals surface area contributed by atoms with Crippen molar-refractivity contribution in [2.75, 3.05) is 0 Å². The van der Waals surface area contributed by atoms with Crippen molar-refractivity contribution in [2.45, 2.75) is 0 Å². The second kappa shape index (κ2) is 5.35. The molecule has 0 saturated carbocycles. The number of hydrogen-bond donors (Lipinski definition) is 0. The van der Waals surface area contributed by atoms with E-state index in [4.69, 9.17) is 4.42 Å². The zero-order valence-corrected chi connectivity index (χ0v) is 13.1. The highest BCUT2D eigenvalue weighted by Gasteiger charge is 2.06. The first-order chi connectivity index (χ1) is 9.22. The van der Waals surface area contributed by atoms with Gasteiger partial charge in [0, 0.05) is 20.1 Å². The quantitative estimate of drug-likeness (QED) is 0.522. The molecule has 0 unspecified atom stereocenters. The Labute approximate surface area is 128 Å². The summed E-state index contributed by atoms with van der Waals surface area (Å²) in [7, 11) is 0. The van der Waals surface area contributed by atoms with Crippen molar-refractivity contribution in [3.8, 4) is 22.6 Å². The Balaban J connectivity index is 1.97. The lowest BCUT2D eigenvalue weighted by Gasteiger charge is -1.99. The Morgan fingerprint density at radius 2 is 1.32 bits per heavy atom. The molecule has 0 spiro atoms. The molecule has 0 amide bonds. The van der Waals surface area contributed by atoms with Crippen LogP contribution < -0.4 is 0 Å². The minimum absolute atomic E-state index is 0.874. The zero-order valence-electron chi connectivity index (χ0n) is 9.94. The standard InChI is InChI=1S/C16H10Br2O/c17-13-6-4-11(5-7-13)15-8-9-16(19-15)12-2-1-3-14(18)10-12/h1-10H. The van der Waals surface area contributed by atoms with E-state index in [0.29, 0.717) is 0 Å². The van der Waals surface area contributed by atoms with Gasteiger partial charge >= 0.3 is 0 Å². The van der Waals surface area contributed by atoms with E-state index >= 15 is 0 Å². The van der Waals surface area contributed by atoms with Crippen LogP contribution in [0.15, 0.2) is 74.0 Å². The molecule has 0 N–H and O–H groups in total. The van der Waals surface area contributed by atoms with Crippen LogP contribution in [0.1, 0.15) is 0 Å². The van der Waals surface area contributed by atoms with E-state index in [9.17, 15) is 0 Å². The molecule has 3 heteroatoms. The maximum absolute atomic E-state index is 5.91. The summed E-state index contributed by atoms with van der Waals surface area (Å²) in [6.45, 7) is 0. The minimum Gasteiger partial charge on any atom is -0.456 e. The fraction of sp³-hybridized carbons (Fsp3) is 0. The largest absolute Gasteiger partial charge is 0.456 e.